The van der Waals surface area contributed by atoms with Crippen LogP contribution in [0.5, 0.6) is 0 Å². The summed E-state index contributed by atoms with van der Waals surface area (Å²) in [5.41, 5.74) is 1.39. The molecule has 1 aromatic carbocycles. The van der Waals surface area contributed by atoms with Gasteiger partial charge in [-0.05, 0) is 19.1 Å². The van der Waals surface area contributed by atoms with Gasteiger partial charge in [0.2, 0.25) is 5.78 Å². The normalized spacial score (nSPS) is 10.3. The zero-order valence-electron chi connectivity index (χ0n) is 10.1. The lowest BCUT2D eigenvalue weighted by atomic mass is 10.1. The summed E-state index contributed by atoms with van der Waals surface area (Å²) < 4.78 is 4.65. The van der Waals surface area contributed by atoms with Crippen LogP contribution in [0.25, 0.3) is 10.9 Å². The summed E-state index contributed by atoms with van der Waals surface area (Å²) in [7, 11) is 0. The van der Waals surface area contributed by atoms with E-state index >= 15 is 0 Å². The quantitative estimate of drug-likeness (QED) is 0.608. The third-order valence-corrected chi connectivity index (χ3v) is 2.50. The lowest BCUT2D eigenvalue weighted by Crippen LogP contribution is -2.19. The molecule has 92 valence electrons. The number of fused-ring (bicyclic) bond motifs is 1. The second-order valence-electron chi connectivity index (χ2n) is 3.82. The van der Waals surface area contributed by atoms with E-state index in [2.05, 4.69) is 9.72 Å². The van der Waals surface area contributed by atoms with E-state index in [-0.39, 0.29) is 13.0 Å². The number of aromatic nitrogens is 1. The van der Waals surface area contributed by atoms with Gasteiger partial charge >= 0.3 is 5.97 Å². The molecule has 1 aromatic heterocycles. The van der Waals surface area contributed by atoms with Crippen molar-refractivity contribution >= 4 is 22.7 Å². The van der Waals surface area contributed by atoms with Crippen molar-refractivity contribution in [2.45, 2.75) is 13.3 Å². The van der Waals surface area contributed by atoms with Crippen LogP contribution in [0, 0.1) is 0 Å². The fraction of sp³-hybridized carbons (Fsp3) is 0.214. The summed E-state index contributed by atoms with van der Waals surface area (Å²) in [5.74, 6) is -1.37. The molecular weight excluding hydrogens is 230 g/mol. The van der Waals surface area contributed by atoms with Gasteiger partial charge in [-0.25, -0.2) is 4.79 Å². The number of pyridine rings is 1. The third kappa shape index (κ3) is 2.71. The molecular formula is C14H13NO3. The average Bonchev–Trinajstić information content (AvgIpc) is 2.39. The minimum absolute atomic E-state index is 0.0241. The highest BCUT2D eigenvalue weighted by Crippen LogP contribution is 2.12. The second kappa shape index (κ2) is 5.40. The van der Waals surface area contributed by atoms with Gasteiger partial charge < -0.3 is 4.74 Å². The molecule has 0 amide bonds. The topological polar surface area (TPSA) is 56.3 Å². The Morgan fingerprint density at radius 1 is 1.17 bits per heavy atom. The maximum atomic E-state index is 11.5. The smallest absolute Gasteiger partial charge is 0.375 e. The zero-order valence-corrected chi connectivity index (χ0v) is 10.1. The molecule has 0 aliphatic carbocycles. The van der Waals surface area contributed by atoms with Crippen molar-refractivity contribution in [3.8, 4) is 0 Å². The molecule has 0 aliphatic heterocycles. The Bertz CT molecular complexity index is 592. The van der Waals surface area contributed by atoms with Gasteiger partial charge in [0.15, 0.2) is 0 Å². The van der Waals surface area contributed by atoms with Gasteiger partial charge in [0.05, 0.1) is 18.5 Å². The zero-order chi connectivity index (χ0) is 13.0. The van der Waals surface area contributed by atoms with E-state index in [9.17, 15) is 9.59 Å². The predicted molar refractivity (Wildman–Crippen MR) is 67.1 cm³/mol. The van der Waals surface area contributed by atoms with Gasteiger partial charge in [0, 0.05) is 11.1 Å². The lowest BCUT2D eigenvalue weighted by Gasteiger charge is -2.02. The van der Waals surface area contributed by atoms with E-state index in [4.69, 9.17) is 0 Å². The highest BCUT2D eigenvalue weighted by molar-refractivity contribution is 6.34. The van der Waals surface area contributed by atoms with Crippen molar-refractivity contribution < 1.29 is 14.3 Å². The van der Waals surface area contributed by atoms with Crippen molar-refractivity contribution in [3.63, 3.8) is 0 Å². The first kappa shape index (κ1) is 12.2. The Labute approximate surface area is 105 Å². The number of ketones is 1. The molecule has 0 saturated heterocycles. The van der Waals surface area contributed by atoms with E-state index in [0.29, 0.717) is 5.69 Å². The first-order valence-electron chi connectivity index (χ1n) is 5.75. The molecule has 4 nitrogen and oxygen atoms in total. The highest BCUT2D eigenvalue weighted by atomic mass is 16.5. The Hall–Kier alpha value is -2.23. The molecule has 0 saturated carbocycles. The first-order chi connectivity index (χ1) is 8.70. The van der Waals surface area contributed by atoms with E-state index in [1.165, 1.54) is 0 Å². The van der Waals surface area contributed by atoms with Crippen molar-refractivity contribution in [3.05, 3.63) is 42.1 Å². The van der Waals surface area contributed by atoms with Crippen molar-refractivity contribution in [1.29, 1.82) is 0 Å². The molecule has 1 heterocycles. The molecule has 0 bridgehead atoms. The van der Waals surface area contributed by atoms with Gasteiger partial charge in [-0.3, -0.25) is 9.78 Å². The van der Waals surface area contributed by atoms with Gasteiger partial charge in [-0.2, -0.15) is 0 Å². The van der Waals surface area contributed by atoms with E-state index in [1.54, 1.807) is 13.0 Å². The minimum Gasteiger partial charge on any atom is -0.460 e. The molecule has 0 spiro atoms. The number of Topliss-reactive ketones (excluding diaryl/α,β-unsaturated/α-hetero) is 1. The van der Waals surface area contributed by atoms with Crippen LogP contribution in [0.15, 0.2) is 36.4 Å². The molecule has 0 radical (unpaired) electrons. The van der Waals surface area contributed by atoms with E-state index < -0.39 is 11.8 Å². The monoisotopic (exact) mass is 243 g/mol. The van der Waals surface area contributed by atoms with E-state index in [1.807, 2.05) is 30.3 Å². The van der Waals surface area contributed by atoms with Crippen LogP contribution in [0.1, 0.15) is 12.6 Å². The van der Waals surface area contributed by atoms with Crippen molar-refractivity contribution in [2.24, 2.45) is 0 Å². The van der Waals surface area contributed by atoms with Gasteiger partial charge in [0.25, 0.3) is 0 Å². The standard InChI is InChI=1S/C14H13NO3/c1-2-18-14(17)13(16)9-11-8-7-10-5-3-4-6-12(10)15-11/h3-8H,2,9H2,1H3. The number of ether oxygens (including phenoxy) is 1. The van der Waals surface area contributed by atoms with Crippen LogP contribution < -0.4 is 0 Å². The molecule has 18 heavy (non-hydrogen) atoms. The number of para-hydroxylation sites is 1. The van der Waals surface area contributed by atoms with E-state index in [0.717, 1.165) is 10.9 Å². The summed E-state index contributed by atoms with van der Waals surface area (Å²) >= 11 is 0. The number of hydrogen-bond donors (Lipinski definition) is 0. The largest absolute Gasteiger partial charge is 0.460 e. The molecule has 2 rings (SSSR count). The number of carbonyl (C=O) groups is 2. The summed E-state index contributed by atoms with van der Waals surface area (Å²) in [6, 6.07) is 11.3. The van der Waals surface area contributed by atoms with Crippen LogP contribution in [-0.4, -0.2) is 23.3 Å². The fourth-order valence-electron chi connectivity index (χ4n) is 1.65. The molecule has 0 unspecified atom stereocenters. The Morgan fingerprint density at radius 3 is 2.72 bits per heavy atom. The van der Waals surface area contributed by atoms with Gasteiger partial charge in [0.1, 0.15) is 0 Å². The van der Waals surface area contributed by atoms with Gasteiger partial charge in [-0.15, -0.1) is 0 Å². The SMILES string of the molecule is CCOC(=O)C(=O)Cc1ccc2ccccc2n1. The highest BCUT2D eigenvalue weighted by Gasteiger charge is 2.15. The predicted octanol–water partition coefficient (Wildman–Crippen LogP) is 1.91. The van der Waals surface area contributed by atoms with Crippen LogP contribution in [-0.2, 0) is 20.7 Å². The Kier molecular flexibility index (Phi) is 3.67. The maximum Gasteiger partial charge on any atom is 0.375 e. The van der Waals surface area contributed by atoms with Crippen LogP contribution >= 0.6 is 0 Å². The first-order valence-corrected chi connectivity index (χ1v) is 5.75. The third-order valence-electron chi connectivity index (χ3n) is 2.50. The number of esters is 1. The van der Waals surface area contributed by atoms with Crippen molar-refractivity contribution in [2.75, 3.05) is 6.61 Å². The number of carbonyl (C=O) groups excluding carboxylic acids is 2. The van der Waals surface area contributed by atoms with Crippen LogP contribution in [0.2, 0.25) is 0 Å². The lowest BCUT2D eigenvalue weighted by molar-refractivity contribution is -0.153. The Morgan fingerprint density at radius 2 is 1.94 bits per heavy atom. The average molecular weight is 243 g/mol. The van der Waals surface area contributed by atoms with Gasteiger partial charge in [-0.1, -0.05) is 24.3 Å². The maximum absolute atomic E-state index is 11.5. The second-order valence-corrected chi connectivity index (χ2v) is 3.82. The molecule has 0 N–H and O–H groups in total. The molecule has 0 atom stereocenters. The fourth-order valence-corrected chi connectivity index (χ4v) is 1.65. The summed E-state index contributed by atoms with van der Waals surface area (Å²) in [4.78, 5) is 27.1. The molecule has 2 aromatic rings. The Balaban J connectivity index is 2.17. The summed E-state index contributed by atoms with van der Waals surface area (Å²) in [6.45, 7) is 1.87. The number of rotatable bonds is 4. The molecule has 4 heteroatoms. The summed E-state index contributed by atoms with van der Waals surface area (Å²) in [6.07, 6.45) is -0.0241. The van der Waals surface area contributed by atoms with Crippen molar-refractivity contribution in [1.82, 2.24) is 4.98 Å². The van der Waals surface area contributed by atoms with Crippen LogP contribution in [0.3, 0.4) is 0 Å². The van der Waals surface area contributed by atoms with Crippen LogP contribution in [0.4, 0.5) is 0 Å². The summed E-state index contributed by atoms with van der Waals surface area (Å²) in [5, 5.41) is 1.00. The number of nitrogens with zero attached hydrogens (tertiary/aromatic N) is 1. The number of hydrogen-bond acceptors (Lipinski definition) is 4. The molecule has 0 aliphatic rings. The number of benzene rings is 1. The molecule has 0 fully saturated rings. The minimum atomic E-state index is -0.799.